The molecule has 1 aliphatic heterocycles. The maximum absolute atomic E-state index is 13.7. The van der Waals surface area contributed by atoms with E-state index in [-0.39, 0.29) is 21.8 Å². The van der Waals surface area contributed by atoms with Crippen molar-refractivity contribution in [3.8, 4) is 0 Å². The van der Waals surface area contributed by atoms with Crippen molar-refractivity contribution in [2.24, 2.45) is 11.8 Å². The molecule has 0 radical (unpaired) electrons. The molecule has 3 unspecified atom stereocenters. The highest BCUT2D eigenvalue weighted by atomic mass is 32.2. The van der Waals surface area contributed by atoms with Gasteiger partial charge in [-0.3, -0.25) is 4.79 Å². The number of carbonyl (C=O) groups is 2. The summed E-state index contributed by atoms with van der Waals surface area (Å²) in [6.45, 7) is 5.43. The molecule has 8 nitrogen and oxygen atoms in total. The van der Waals surface area contributed by atoms with E-state index in [4.69, 9.17) is 5.11 Å². The summed E-state index contributed by atoms with van der Waals surface area (Å²) in [5.74, 6) is -3.18. The van der Waals surface area contributed by atoms with E-state index < -0.39 is 40.4 Å². The third-order valence-corrected chi connectivity index (χ3v) is 7.32. The number of benzene rings is 2. The van der Waals surface area contributed by atoms with Crippen molar-refractivity contribution in [3.05, 3.63) is 48.0 Å². The van der Waals surface area contributed by atoms with Gasteiger partial charge in [-0.05, 0) is 60.2 Å². The Kier molecular flexibility index (Phi) is 8.41. The van der Waals surface area contributed by atoms with E-state index in [2.05, 4.69) is 24.5 Å². The van der Waals surface area contributed by atoms with E-state index in [1.54, 1.807) is 0 Å². The maximum atomic E-state index is 13.7. The summed E-state index contributed by atoms with van der Waals surface area (Å²) in [4.78, 5) is 26.0. The lowest BCUT2D eigenvalue weighted by Crippen LogP contribution is -2.39. The fourth-order valence-electron chi connectivity index (χ4n) is 4.67. The van der Waals surface area contributed by atoms with Crippen molar-refractivity contribution in [2.45, 2.75) is 43.7 Å². The Labute approximate surface area is 213 Å². The van der Waals surface area contributed by atoms with Gasteiger partial charge in [-0.1, -0.05) is 19.9 Å². The number of urea groups is 1. The van der Waals surface area contributed by atoms with Gasteiger partial charge in [0.15, 0.2) is 9.84 Å². The van der Waals surface area contributed by atoms with Gasteiger partial charge in [-0.25, -0.2) is 13.2 Å². The van der Waals surface area contributed by atoms with Crippen LogP contribution in [0.15, 0.2) is 47.4 Å². The minimum atomic E-state index is -4.80. The molecule has 1 saturated heterocycles. The van der Waals surface area contributed by atoms with Crippen molar-refractivity contribution in [1.29, 1.82) is 0 Å². The van der Waals surface area contributed by atoms with Gasteiger partial charge < -0.3 is 20.6 Å². The number of alkyl halides is 3. The number of amides is 2. The van der Waals surface area contributed by atoms with Crippen molar-refractivity contribution in [3.63, 3.8) is 0 Å². The van der Waals surface area contributed by atoms with Crippen molar-refractivity contribution >= 4 is 38.9 Å². The van der Waals surface area contributed by atoms with Crippen molar-refractivity contribution in [2.75, 3.05) is 34.9 Å². The highest BCUT2D eigenvalue weighted by Crippen LogP contribution is 2.41. The highest BCUT2D eigenvalue weighted by Gasteiger charge is 2.42. The topological polar surface area (TPSA) is 116 Å². The summed E-state index contributed by atoms with van der Waals surface area (Å²) in [5, 5.41) is 14.2. The summed E-state index contributed by atoms with van der Waals surface area (Å²) in [5.41, 5.74) is 0.649. The lowest BCUT2D eigenvalue weighted by molar-refractivity contribution is -0.163. The Hall–Kier alpha value is -3.28. The number of anilines is 3. The van der Waals surface area contributed by atoms with Crippen LogP contribution in [0.5, 0.6) is 0 Å². The first-order valence-corrected chi connectivity index (χ1v) is 13.6. The van der Waals surface area contributed by atoms with Gasteiger partial charge in [0.05, 0.1) is 28.6 Å². The zero-order valence-corrected chi connectivity index (χ0v) is 21.5. The number of piperidine rings is 1. The van der Waals surface area contributed by atoms with Crippen LogP contribution in [0.4, 0.5) is 35.0 Å². The van der Waals surface area contributed by atoms with Gasteiger partial charge in [-0.15, -0.1) is 0 Å². The van der Waals surface area contributed by atoms with Gasteiger partial charge >= 0.3 is 18.2 Å². The fraction of sp³-hybridized carbons (Fsp3) is 0.440. The second-order valence-electron chi connectivity index (χ2n) is 9.70. The van der Waals surface area contributed by atoms with Crippen LogP contribution in [0.25, 0.3) is 0 Å². The Balaban J connectivity index is 1.94. The van der Waals surface area contributed by atoms with E-state index in [9.17, 15) is 31.2 Å². The minimum Gasteiger partial charge on any atom is -0.481 e. The Bertz CT molecular complexity index is 1240. The van der Waals surface area contributed by atoms with Gasteiger partial charge in [0.25, 0.3) is 0 Å². The van der Waals surface area contributed by atoms with Crippen LogP contribution in [0, 0.1) is 11.8 Å². The smallest absolute Gasteiger partial charge is 0.396 e. The molecule has 12 heteroatoms. The zero-order chi connectivity index (χ0) is 27.5. The van der Waals surface area contributed by atoms with Gasteiger partial charge in [0.1, 0.15) is 0 Å². The molecule has 3 N–H and O–H groups in total. The number of nitrogens with one attached hydrogen (secondary N) is 2. The molecule has 3 atom stereocenters. The molecule has 202 valence electrons. The molecule has 0 aliphatic carbocycles. The Morgan fingerprint density at radius 3 is 2.16 bits per heavy atom. The summed E-state index contributed by atoms with van der Waals surface area (Å²) in [7, 11) is -3.43. The molecule has 37 heavy (non-hydrogen) atoms. The molecule has 3 rings (SSSR count). The number of aliphatic carboxylic acids is 1. The van der Waals surface area contributed by atoms with E-state index >= 15 is 0 Å². The minimum absolute atomic E-state index is 0.0680. The third kappa shape index (κ3) is 7.61. The molecule has 1 aliphatic rings. The molecular formula is C25H30F3N3O5S. The van der Waals surface area contributed by atoms with E-state index in [0.29, 0.717) is 30.6 Å². The monoisotopic (exact) mass is 541 g/mol. The SMILES string of the molecule is CC1CC(C)CN(c2ccc(C(CC(=O)O)C(F)(F)F)cc2NC(=O)Nc2ccc(S(C)(=O)=O)cc2)C1. The highest BCUT2D eigenvalue weighted by molar-refractivity contribution is 7.90. The molecule has 0 saturated carbocycles. The first-order valence-electron chi connectivity index (χ1n) is 11.7. The number of carbonyl (C=O) groups excluding carboxylic acids is 1. The van der Waals surface area contributed by atoms with Crippen LogP contribution in [0.2, 0.25) is 0 Å². The molecule has 1 fully saturated rings. The first kappa shape index (κ1) is 28.3. The maximum Gasteiger partial charge on any atom is 0.396 e. The van der Waals surface area contributed by atoms with Crippen LogP contribution in [-0.2, 0) is 14.6 Å². The second kappa shape index (κ2) is 11.0. The molecule has 2 amide bonds. The molecule has 2 aromatic carbocycles. The van der Waals surface area contributed by atoms with Crippen LogP contribution < -0.4 is 15.5 Å². The number of hydrogen-bond donors (Lipinski definition) is 3. The van der Waals surface area contributed by atoms with Crippen LogP contribution in [-0.4, -0.2) is 51.0 Å². The molecule has 1 heterocycles. The van der Waals surface area contributed by atoms with Crippen LogP contribution >= 0.6 is 0 Å². The summed E-state index contributed by atoms with van der Waals surface area (Å²) >= 11 is 0. The van der Waals surface area contributed by atoms with E-state index in [1.165, 1.54) is 42.5 Å². The molecule has 0 aromatic heterocycles. The molecule has 0 bridgehead atoms. The lowest BCUT2D eigenvalue weighted by Gasteiger charge is -2.37. The quantitative estimate of drug-likeness (QED) is 0.436. The summed E-state index contributed by atoms with van der Waals surface area (Å²) in [6.07, 6.45) is -3.89. The predicted molar refractivity (Wildman–Crippen MR) is 135 cm³/mol. The normalized spacial score (nSPS) is 19.2. The van der Waals surface area contributed by atoms with Crippen molar-refractivity contribution in [1.82, 2.24) is 0 Å². The average Bonchev–Trinajstić information content (AvgIpc) is 2.75. The lowest BCUT2D eigenvalue weighted by atomic mass is 9.90. The van der Waals surface area contributed by atoms with Crippen LogP contribution in [0.3, 0.4) is 0 Å². The number of carboxylic acids is 1. The first-order chi connectivity index (χ1) is 17.1. The summed E-state index contributed by atoms with van der Waals surface area (Å²) < 4.78 is 64.4. The number of carboxylic acid groups (broad SMARTS) is 1. The largest absolute Gasteiger partial charge is 0.481 e. The molecule has 2 aromatic rings. The van der Waals surface area contributed by atoms with E-state index in [1.807, 2.05) is 4.90 Å². The molecular weight excluding hydrogens is 511 g/mol. The number of nitrogens with zero attached hydrogens (tertiary/aromatic N) is 1. The third-order valence-electron chi connectivity index (χ3n) is 6.19. The average molecular weight is 542 g/mol. The number of halogens is 3. The number of sulfone groups is 1. The van der Waals surface area contributed by atoms with E-state index in [0.717, 1.165) is 12.7 Å². The van der Waals surface area contributed by atoms with Gasteiger partial charge in [0.2, 0.25) is 0 Å². The second-order valence-corrected chi connectivity index (χ2v) is 11.7. The van der Waals surface area contributed by atoms with Crippen molar-refractivity contribution < 1.29 is 36.3 Å². The van der Waals surface area contributed by atoms with Gasteiger partial charge in [0, 0.05) is 25.0 Å². The zero-order valence-electron chi connectivity index (χ0n) is 20.7. The molecule has 0 spiro atoms. The predicted octanol–water partition coefficient (Wildman–Crippen LogP) is 5.34. The Morgan fingerprint density at radius 2 is 1.65 bits per heavy atom. The number of hydrogen-bond acceptors (Lipinski definition) is 5. The Morgan fingerprint density at radius 1 is 1.05 bits per heavy atom. The van der Waals surface area contributed by atoms with Gasteiger partial charge in [-0.2, -0.15) is 13.2 Å². The number of rotatable bonds is 7. The summed E-state index contributed by atoms with van der Waals surface area (Å²) in [6, 6.07) is 8.62. The standard InChI is InChI=1S/C25H30F3N3O5S/c1-15-10-16(2)14-31(13-15)22-9-4-17(20(12-23(32)33)25(26,27)28)11-21(22)30-24(34)29-18-5-7-19(8-6-18)37(3,35)36/h4-9,11,15-16,20H,10,12-14H2,1-3H3,(H,32,33)(H2,29,30,34). The fourth-order valence-corrected chi connectivity index (χ4v) is 5.30. The van der Waals surface area contributed by atoms with Crippen LogP contribution in [0.1, 0.15) is 38.2 Å².